The van der Waals surface area contributed by atoms with Crippen LogP contribution in [0.25, 0.3) is 0 Å². The van der Waals surface area contributed by atoms with Crippen LogP contribution in [-0.4, -0.2) is 103 Å². The summed E-state index contributed by atoms with van der Waals surface area (Å²) in [4.78, 5) is 13.3. The van der Waals surface area contributed by atoms with Crippen LogP contribution in [0.1, 0.15) is 50.9 Å². The molecule has 3 N–H and O–H groups in total. The van der Waals surface area contributed by atoms with E-state index in [4.69, 9.17) is 32.8 Å². The Morgan fingerprint density at radius 1 is 1.05 bits per heavy atom. The zero-order valence-electron chi connectivity index (χ0n) is 25.2. The number of benzene rings is 1. The van der Waals surface area contributed by atoms with Gasteiger partial charge in [-0.2, -0.15) is 0 Å². The number of esters is 1. The Kier molecular flexibility index (Phi) is 6.01. The van der Waals surface area contributed by atoms with Gasteiger partial charge in [0.15, 0.2) is 26.7 Å². The maximum Gasteiger partial charge on any atom is 0.338 e. The molecule has 7 fully saturated rings. The lowest BCUT2D eigenvalue weighted by atomic mass is 9.58. The van der Waals surface area contributed by atoms with Gasteiger partial charge in [-0.15, -0.1) is 0 Å². The summed E-state index contributed by atoms with van der Waals surface area (Å²) in [7, 11) is -0.621. The molecule has 42 heavy (non-hydrogen) atoms. The Hall–Kier alpha value is -1.45. The van der Waals surface area contributed by atoms with Crippen LogP contribution in [-0.2, 0) is 32.8 Å². The average molecular weight is 607 g/mol. The van der Waals surface area contributed by atoms with Crippen molar-refractivity contribution in [2.45, 2.75) is 118 Å². The fourth-order valence-electron chi connectivity index (χ4n) is 8.54. The molecule has 8 rings (SSSR count). The minimum Gasteiger partial charge on any atom is -0.454 e. The van der Waals surface area contributed by atoms with E-state index in [1.807, 2.05) is 13.0 Å². The van der Waals surface area contributed by atoms with E-state index in [-0.39, 0.29) is 24.0 Å². The first kappa shape index (κ1) is 29.3. The lowest BCUT2D eigenvalue weighted by molar-refractivity contribution is -0.376. The van der Waals surface area contributed by atoms with Crippen molar-refractivity contribution in [2.24, 2.45) is 11.3 Å². The zero-order chi connectivity index (χ0) is 30.3. The standard InChI is InChI=1S/C30H42O11Si/c1-25(2,3)42(6,7)36-13-17-18(31)19(32)20(33)22(37-17)39-29-15-27(38-21(34)16-11-9-8-10-12-16)23-28(35-5)14-26(29,4)40-24(41-28)30(23,27)29/h8-12,17-20,22-24,31-33H,13-15H2,1-7H3/t17?,18?,19-,20?,22-,23-,24?,26-,27?,28+,29-,30?/m0/s1. The summed E-state index contributed by atoms with van der Waals surface area (Å²) >= 11 is 0. The highest BCUT2D eigenvalue weighted by molar-refractivity contribution is 6.74. The first-order valence-corrected chi connectivity index (χ1v) is 17.7. The number of hydrogen-bond donors (Lipinski definition) is 3. The number of rotatable bonds is 8. The third-order valence-corrected chi connectivity index (χ3v) is 16.2. The summed E-state index contributed by atoms with van der Waals surface area (Å²) in [6, 6.07) is 8.79. The van der Waals surface area contributed by atoms with E-state index >= 15 is 0 Å². The monoisotopic (exact) mass is 606 g/mol. The molecule has 4 bridgehead atoms. The molecule has 1 spiro atoms. The molecule has 1 aromatic rings. The van der Waals surface area contributed by atoms with Crippen molar-refractivity contribution in [3.05, 3.63) is 35.9 Å². The summed E-state index contributed by atoms with van der Waals surface area (Å²) in [6.45, 7) is 12.5. The van der Waals surface area contributed by atoms with Crippen molar-refractivity contribution in [3.63, 3.8) is 0 Å². The van der Waals surface area contributed by atoms with Crippen LogP contribution in [0.15, 0.2) is 30.3 Å². The summed E-state index contributed by atoms with van der Waals surface area (Å²) in [5.74, 6) is -1.83. The molecule has 11 nitrogen and oxygen atoms in total. The van der Waals surface area contributed by atoms with Crippen LogP contribution in [0.5, 0.6) is 0 Å². The van der Waals surface area contributed by atoms with Gasteiger partial charge in [-0.05, 0) is 37.2 Å². The molecule has 4 saturated heterocycles. The molecular formula is C30H42O11Si. The van der Waals surface area contributed by atoms with Gasteiger partial charge in [0.1, 0.15) is 46.6 Å². The van der Waals surface area contributed by atoms with Crippen molar-refractivity contribution in [3.8, 4) is 0 Å². The maximum absolute atomic E-state index is 13.3. The Morgan fingerprint density at radius 2 is 1.74 bits per heavy atom. The number of hydrogen-bond acceptors (Lipinski definition) is 11. The van der Waals surface area contributed by atoms with E-state index in [1.54, 1.807) is 31.4 Å². The average Bonchev–Trinajstić information content (AvgIpc) is 3.29. The van der Waals surface area contributed by atoms with E-state index in [0.29, 0.717) is 12.0 Å². The number of ether oxygens (including phenoxy) is 6. The molecule has 0 amide bonds. The summed E-state index contributed by atoms with van der Waals surface area (Å²) in [5.41, 5.74) is -3.39. The zero-order valence-corrected chi connectivity index (χ0v) is 26.2. The molecule has 12 heteroatoms. The molecule has 4 aliphatic heterocycles. The van der Waals surface area contributed by atoms with Crippen LogP contribution in [0.4, 0.5) is 0 Å². The Labute approximate surface area is 246 Å². The maximum atomic E-state index is 13.3. The fourth-order valence-corrected chi connectivity index (χ4v) is 9.56. The van der Waals surface area contributed by atoms with Crippen LogP contribution >= 0.6 is 0 Å². The van der Waals surface area contributed by atoms with Crippen LogP contribution in [0.2, 0.25) is 18.1 Å². The number of aliphatic hydroxyl groups is 3. The molecule has 0 aromatic heterocycles. The Bertz CT molecular complexity index is 1290. The number of methoxy groups -OCH3 is 1. The Balaban J connectivity index is 1.18. The van der Waals surface area contributed by atoms with Gasteiger partial charge in [0.25, 0.3) is 0 Å². The first-order chi connectivity index (χ1) is 19.5. The number of carbonyl (C=O) groups excluding carboxylic acids is 1. The van der Waals surface area contributed by atoms with Gasteiger partial charge >= 0.3 is 5.97 Å². The van der Waals surface area contributed by atoms with Crippen molar-refractivity contribution >= 4 is 14.3 Å². The van der Waals surface area contributed by atoms with Crippen LogP contribution in [0.3, 0.4) is 0 Å². The third-order valence-electron chi connectivity index (χ3n) is 11.7. The number of aliphatic hydroxyl groups excluding tert-OH is 3. The van der Waals surface area contributed by atoms with Crippen molar-refractivity contribution in [2.75, 3.05) is 13.7 Å². The second-order valence-electron chi connectivity index (χ2n) is 14.6. The van der Waals surface area contributed by atoms with Gasteiger partial charge in [-0.25, -0.2) is 4.79 Å². The van der Waals surface area contributed by atoms with E-state index in [0.717, 1.165) is 0 Å². The minimum absolute atomic E-state index is 0.0347. The summed E-state index contributed by atoms with van der Waals surface area (Å²) < 4.78 is 44.3. The number of carbonyl (C=O) groups is 1. The molecule has 7 aliphatic rings. The van der Waals surface area contributed by atoms with Crippen molar-refractivity contribution in [1.29, 1.82) is 0 Å². The molecule has 3 saturated carbocycles. The van der Waals surface area contributed by atoms with Gasteiger partial charge < -0.3 is 48.2 Å². The molecule has 6 unspecified atom stereocenters. The molecule has 0 radical (unpaired) electrons. The minimum atomic E-state index is -2.20. The highest BCUT2D eigenvalue weighted by Crippen LogP contribution is 2.97. The first-order valence-electron chi connectivity index (χ1n) is 14.8. The van der Waals surface area contributed by atoms with Gasteiger partial charge in [-0.3, -0.25) is 0 Å². The fraction of sp³-hybridized carbons (Fsp3) is 0.767. The predicted octanol–water partition coefficient (Wildman–Crippen LogP) is 2.08. The van der Waals surface area contributed by atoms with Crippen LogP contribution in [0, 0.1) is 11.3 Å². The molecule has 4 heterocycles. The topological polar surface area (TPSA) is 142 Å². The summed E-state index contributed by atoms with van der Waals surface area (Å²) in [5, 5.41) is 32.7. The van der Waals surface area contributed by atoms with E-state index in [2.05, 4.69) is 33.9 Å². The second-order valence-corrected chi connectivity index (χ2v) is 19.5. The molecule has 232 valence electrons. The van der Waals surface area contributed by atoms with Gasteiger partial charge in [0.2, 0.25) is 0 Å². The lowest BCUT2D eigenvalue weighted by Crippen LogP contribution is -2.71. The normalized spacial score (nSPS) is 49.9. The Morgan fingerprint density at radius 3 is 2.38 bits per heavy atom. The largest absolute Gasteiger partial charge is 0.454 e. The predicted molar refractivity (Wildman–Crippen MR) is 147 cm³/mol. The highest BCUT2D eigenvalue weighted by Gasteiger charge is 3.13. The summed E-state index contributed by atoms with van der Waals surface area (Å²) in [6.07, 6.45) is -6.82. The lowest BCUT2D eigenvalue weighted by Gasteiger charge is -2.56. The van der Waals surface area contributed by atoms with E-state index < -0.39 is 79.3 Å². The van der Waals surface area contributed by atoms with Gasteiger partial charge in [0.05, 0.1) is 18.1 Å². The van der Waals surface area contributed by atoms with Gasteiger partial charge in [0, 0.05) is 20.0 Å². The van der Waals surface area contributed by atoms with E-state index in [1.165, 1.54) is 0 Å². The molecular weight excluding hydrogens is 564 g/mol. The SMILES string of the molecule is CO[C@]12C[C@]3(C)OC(O1)C14[C@H]2C1(OC(=O)c1ccccc1)C[C@@]43O[C@@H]1OC(CO[Si](C)(C)C(C)(C)C)C(O)[C@H](O)C1O. The highest BCUT2D eigenvalue weighted by atomic mass is 28.4. The smallest absolute Gasteiger partial charge is 0.338 e. The van der Waals surface area contributed by atoms with Crippen molar-refractivity contribution in [1.82, 2.24) is 0 Å². The van der Waals surface area contributed by atoms with E-state index in [9.17, 15) is 20.1 Å². The molecule has 12 atom stereocenters. The van der Waals surface area contributed by atoms with Gasteiger partial charge in [-0.1, -0.05) is 39.0 Å². The second kappa shape index (κ2) is 8.62. The molecule has 1 aromatic carbocycles. The van der Waals surface area contributed by atoms with Crippen LogP contribution < -0.4 is 0 Å². The quantitative estimate of drug-likeness (QED) is 0.296. The molecule has 3 aliphatic carbocycles. The van der Waals surface area contributed by atoms with Crippen molar-refractivity contribution < 1.29 is 53.0 Å². The third kappa shape index (κ3) is 3.24.